The van der Waals surface area contributed by atoms with Crippen molar-refractivity contribution in [2.24, 2.45) is 5.73 Å². The molecule has 0 aliphatic rings. The van der Waals surface area contributed by atoms with E-state index in [1.807, 2.05) is 4.68 Å². The van der Waals surface area contributed by atoms with Crippen molar-refractivity contribution in [3.63, 3.8) is 0 Å². The normalized spacial score (nSPS) is 15.3. The van der Waals surface area contributed by atoms with E-state index in [0.717, 1.165) is 25.3 Å². The largest absolute Gasteiger partial charge is 0.329 e. The lowest BCUT2D eigenvalue weighted by Gasteiger charge is -2.39. The molecule has 0 radical (unpaired) electrons. The summed E-state index contributed by atoms with van der Waals surface area (Å²) in [7, 11) is 0. The summed E-state index contributed by atoms with van der Waals surface area (Å²) in [4.78, 5) is 6.76. The Hall–Kier alpha value is -0.940. The fourth-order valence-corrected chi connectivity index (χ4v) is 2.17. The predicted octanol–water partition coefficient (Wildman–Crippen LogP) is 1.81. The average Bonchev–Trinajstić information content (AvgIpc) is 2.83. The van der Waals surface area contributed by atoms with Crippen LogP contribution in [-0.4, -0.2) is 38.3 Å². The lowest BCUT2D eigenvalue weighted by atomic mass is 9.96. The van der Waals surface area contributed by atoms with E-state index >= 15 is 0 Å². The third-order valence-electron chi connectivity index (χ3n) is 3.82. The number of hydrogen-bond donors (Lipinski definition) is 1. The third-order valence-corrected chi connectivity index (χ3v) is 3.82. The molecule has 1 aromatic heterocycles. The Morgan fingerprint density at radius 1 is 1.44 bits per heavy atom. The van der Waals surface area contributed by atoms with Gasteiger partial charge in [0.1, 0.15) is 12.2 Å². The van der Waals surface area contributed by atoms with Crippen LogP contribution in [0.5, 0.6) is 0 Å². The van der Waals surface area contributed by atoms with E-state index in [0.29, 0.717) is 12.6 Å². The Balaban J connectivity index is 2.89. The minimum atomic E-state index is 0.0303. The number of rotatable bonds is 7. The molecule has 1 aromatic rings. The highest BCUT2D eigenvalue weighted by molar-refractivity contribution is 4.92. The van der Waals surface area contributed by atoms with Crippen molar-refractivity contribution in [1.82, 2.24) is 19.7 Å². The van der Waals surface area contributed by atoms with Crippen molar-refractivity contribution >= 4 is 0 Å². The molecule has 0 amide bonds. The Kier molecular flexibility index (Phi) is 5.28. The predicted molar refractivity (Wildman–Crippen MR) is 74.2 cm³/mol. The second-order valence-electron chi connectivity index (χ2n) is 5.28. The number of likely N-dealkylation sites (N-methyl/N-ethyl adjacent to an activating group) is 1. The molecule has 0 aliphatic carbocycles. The zero-order valence-electron chi connectivity index (χ0n) is 12.3. The molecule has 0 spiro atoms. The lowest BCUT2D eigenvalue weighted by molar-refractivity contribution is 0.0986. The molecule has 0 bridgehead atoms. The van der Waals surface area contributed by atoms with Gasteiger partial charge in [-0.2, -0.15) is 5.10 Å². The molecule has 0 aromatic carbocycles. The van der Waals surface area contributed by atoms with Crippen LogP contribution < -0.4 is 5.73 Å². The van der Waals surface area contributed by atoms with E-state index in [-0.39, 0.29) is 5.54 Å². The molecule has 1 unspecified atom stereocenters. The zero-order valence-corrected chi connectivity index (χ0v) is 12.3. The van der Waals surface area contributed by atoms with Gasteiger partial charge in [0, 0.05) is 18.1 Å². The van der Waals surface area contributed by atoms with Crippen molar-refractivity contribution < 1.29 is 0 Å². The van der Waals surface area contributed by atoms with Gasteiger partial charge in [0.15, 0.2) is 0 Å². The van der Waals surface area contributed by atoms with Crippen LogP contribution in [0.15, 0.2) is 6.33 Å². The summed E-state index contributed by atoms with van der Waals surface area (Å²) in [5.74, 6) is 1.01. The smallest absolute Gasteiger partial charge is 0.141 e. The van der Waals surface area contributed by atoms with E-state index in [2.05, 4.69) is 49.6 Å². The van der Waals surface area contributed by atoms with Crippen molar-refractivity contribution in [2.45, 2.75) is 59.2 Å². The summed E-state index contributed by atoms with van der Waals surface area (Å²) in [6.07, 6.45) is 2.67. The first-order chi connectivity index (χ1) is 8.48. The summed E-state index contributed by atoms with van der Waals surface area (Å²) in [5, 5.41) is 4.28. The maximum absolute atomic E-state index is 5.94. The van der Waals surface area contributed by atoms with Gasteiger partial charge in [-0.3, -0.25) is 4.90 Å². The van der Waals surface area contributed by atoms with Gasteiger partial charge in [-0.1, -0.05) is 13.8 Å². The first kappa shape index (κ1) is 15.1. The maximum Gasteiger partial charge on any atom is 0.141 e. The fraction of sp³-hybridized carbons (Fsp3) is 0.846. The lowest BCUT2D eigenvalue weighted by Crippen LogP contribution is -2.51. The molecule has 0 saturated carbocycles. The molecule has 5 heteroatoms. The highest BCUT2D eigenvalue weighted by Gasteiger charge is 2.28. The van der Waals surface area contributed by atoms with Crippen LogP contribution in [0.3, 0.4) is 0 Å². The molecular weight excluding hydrogens is 226 g/mol. The van der Waals surface area contributed by atoms with Crippen molar-refractivity contribution in [2.75, 3.05) is 13.1 Å². The van der Waals surface area contributed by atoms with Gasteiger partial charge >= 0.3 is 0 Å². The van der Waals surface area contributed by atoms with E-state index in [1.54, 1.807) is 6.33 Å². The highest BCUT2D eigenvalue weighted by Crippen LogP contribution is 2.20. The van der Waals surface area contributed by atoms with Crippen LogP contribution >= 0.6 is 0 Å². The second kappa shape index (κ2) is 6.29. The second-order valence-corrected chi connectivity index (χ2v) is 5.28. The monoisotopic (exact) mass is 253 g/mol. The van der Waals surface area contributed by atoms with Crippen LogP contribution in [0, 0.1) is 0 Å². The van der Waals surface area contributed by atoms with Crippen molar-refractivity contribution in [1.29, 1.82) is 0 Å². The minimum Gasteiger partial charge on any atom is -0.329 e. The van der Waals surface area contributed by atoms with Gasteiger partial charge in [-0.15, -0.1) is 0 Å². The summed E-state index contributed by atoms with van der Waals surface area (Å²) in [6.45, 7) is 13.2. The number of hydrogen-bond acceptors (Lipinski definition) is 4. The molecule has 0 saturated heterocycles. The molecule has 1 heterocycles. The number of aromatic nitrogens is 3. The standard InChI is InChI=1S/C13H27N5/c1-6-13(5,9-14)17(7-2)8-12-15-10-16-18(12)11(3)4/h10-11H,6-9,14H2,1-5H3. The molecule has 1 atom stereocenters. The Morgan fingerprint density at radius 2 is 2.11 bits per heavy atom. The fourth-order valence-electron chi connectivity index (χ4n) is 2.17. The topological polar surface area (TPSA) is 60.0 Å². The molecule has 5 nitrogen and oxygen atoms in total. The SMILES string of the molecule is CCN(Cc1ncnn1C(C)C)C(C)(CC)CN. The molecule has 1 rings (SSSR count). The first-order valence-corrected chi connectivity index (χ1v) is 6.82. The van der Waals surface area contributed by atoms with Crippen molar-refractivity contribution in [3.8, 4) is 0 Å². The van der Waals surface area contributed by atoms with Crippen LogP contribution in [0.2, 0.25) is 0 Å². The minimum absolute atomic E-state index is 0.0303. The number of nitrogens with two attached hydrogens (primary N) is 1. The summed E-state index contributed by atoms with van der Waals surface area (Å²) in [6, 6.07) is 0.340. The van der Waals surface area contributed by atoms with Crippen LogP contribution in [-0.2, 0) is 6.54 Å². The third kappa shape index (κ3) is 3.09. The van der Waals surface area contributed by atoms with Gasteiger partial charge in [0.05, 0.1) is 6.54 Å². The van der Waals surface area contributed by atoms with Crippen molar-refractivity contribution in [3.05, 3.63) is 12.2 Å². The molecule has 2 N–H and O–H groups in total. The Morgan fingerprint density at radius 3 is 2.56 bits per heavy atom. The number of nitrogens with zero attached hydrogens (tertiary/aromatic N) is 4. The van der Waals surface area contributed by atoms with Gasteiger partial charge in [-0.05, 0) is 33.7 Å². The van der Waals surface area contributed by atoms with Crippen LogP contribution in [0.1, 0.15) is 52.9 Å². The van der Waals surface area contributed by atoms with Gasteiger partial charge in [0.25, 0.3) is 0 Å². The molecule has 0 fully saturated rings. The van der Waals surface area contributed by atoms with E-state index < -0.39 is 0 Å². The summed E-state index contributed by atoms with van der Waals surface area (Å²) < 4.78 is 1.98. The van der Waals surface area contributed by atoms with E-state index in [4.69, 9.17) is 5.73 Å². The average molecular weight is 253 g/mol. The Labute approximate surface area is 110 Å². The van der Waals surface area contributed by atoms with Gasteiger partial charge < -0.3 is 5.73 Å². The summed E-state index contributed by atoms with van der Waals surface area (Å²) >= 11 is 0. The van der Waals surface area contributed by atoms with Gasteiger partial charge in [0.2, 0.25) is 0 Å². The maximum atomic E-state index is 5.94. The molecule has 18 heavy (non-hydrogen) atoms. The molecular formula is C13H27N5. The molecule has 104 valence electrons. The zero-order chi connectivity index (χ0) is 13.8. The summed E-state index contributed by atoms with van der Waals surface area (Å²) in [5.41, 5.74) is 5.97. The first-order valence-electron chi connectivity index (χ1n) is 6.82. The van der Waals surface area contributed by atoms with Crippen LogP contribution in [0.4, 0.5) is 0 Å². The Bertz CT molecular complexity index is 354. The van der Waals surface area contributed by atoms with E-state index in [1.165, 1.54) is 0 Å². The van der Waals surface area contributed by atoms with Gasteiger partial charge in [-0.25, -0.2) is 9.67 Å². The molecule has 0 aliphatic heterocycles. The van der Waals surface area contributed by atoms with Crippen LogP contribution in [0.25, 0.3) is 0 Å². The van der Waals surface area contributed by atoms with E-state index in [9.17, 15) is 0 Å². The quantitative estimate of drug-likeness (QED) is 0.805. The highest BCUT2D eigenvalue weighted by atomic mass is 15.4.